The second-order valence-electron chi connectivity index (χ2n) is 29.5. The molecule has 32 heteroatoms. The lowest BCUT2D eigenvalue weighted by molar-refractivity contribution is 0.00578. The van der Waals surface area contributed by atoms with Crippen molar-refractivity contribution in [2.75, 3.05) is 165 Å². The van der Waals surface area contributed by atoms with E-state index >= 15 is 0 Å². The Morgan fingerprint density at radius 3 is 1.36 bits per heavy atom. The van der Waals surface area contributed by atoms with E-state index in [-0.39, 0.29) is 0 Å². The Labute approximate surface area is 642 Å². The van der Waals surface area contributed by atoms with Gasteiger partial charge in [-0.2, -0.15) is 9.97 Å². The van der Waals surface area contributed by atoms with Gasteiger partial charge in [-0.1, -0.05) is 43.1 Å². The van der Waals surface area contributed by atoms with Crippen LogP contribution in [0, 0.1) is 13.8 Å². The number of methoxy groups -OCH3 is 2. The molecule has 13 rings (SSSR count). The van der Waals surface area contributed by atoms with Crippen LogP contribution in [0.15, 0.2) is 86.7 Å². The zero-order valence-electron chi connectivity index (χ0n) is 63.9. The maximum absolute atomic E-state index is 13.6. The highest BCUT2D eigenvalue weighted by Gasteiger charge is 2.52. The van der Waals surface area contributed by atoms with Crippen molar-refractivity contribution in [1.29, 1.82) is 0 Å². The molecule has 5 fully saturated rings. The monoisotopic (exact) mass is 1590 g/mol. The molecule has 5 aliphatic rings. The Kier molecular flexibility index (Phi) is 25.9. The smallest absolute Gasteiger partial charge is 0.494 e. The van der Waals surface area contributed by atoms with Gasteiger partial charge in [-0.05, 0) is 166 Å². The van der Waals surface area contributed by atoms with Crippen molar-refractivity contribution < 1.29 is 36.7 Å². The highest BCUT2D eigenvalue weighted by Crippen LogP contribution is 2.44. The van der Waals surface area contributed by atoms with Crippen molar-refractivity contribution in [1.82, 2.24) is 59.9 Å². The number of benzene rings is 4. The normalized spacial score (nSPS) is 17.9. The molecule has 4 N–H and O–H groups in total. The number of aromatic nitrogens is 8. The van der Waals surface area contributed by atoms with Crippen LogP contribution < -0.4 is 56.6 Å². The third-order valence-corrected chi connectivity index (χ3v) is 24.7. The van der Waals surface area contributed by atoms with Gasteiger partial charge in [0, 0.05) is 160 Å². The van der Waals surface area contributed by atoms with Crippen molar-refractivity contribution in [3.63, 3.8) is 0 Å². The predicted molar refractivity (Wildman–Crippen MR) is 432 cm³/mol. The number of ether oxygens (including phenoxy) is 2. The lowest BCUT2D eigenvalue weighted by Gasteiger charge is -2.43. The van der Waals surface area contributed by atoms with Gasteiger partial charge in [0.05, 0.1) is 60.6 Å². The first-order valence-electron chi connectivity index (χ1n) is 36.3. The van der Waals surface area contributed by atoms with Crippen LogP contribution in [0.2, 0.25) is 10.0 Å². The molecule has 0 unspecified atom stereocenters. The number of likely N-dealkylation sites (N-methyl/N-ethyl adjacent to an activating group) is 2. The molecule has 0 saturated carbocycles. The van der Waals surface area contributed by atoms with Gasteiger partial charge in [0.15, 0.2) is 11.6 Å². The van der Waals surface area contributed by atoms with E-state index in [1.165, 1.54) is 28.7 Å². The van der Waals surface area contributed by atoms with Crippen molar-refractivity contribution >= 4 is 134 Å². The fourth-order valence-electron chi connectivity index (χ4n) is 13.9. The number of anilines is 10. The van der Waals surface area contributed by atoms with Crippen LogP contribution in [0.25, 0.3) is 11.5 Å². The number of halogens is 3. The van der Waals surface area contributed by atoms with Crippen LogP contribution in [0.4, 0.5) is 57.7 Å². The second-order valence-corrected chi connectivity index (χ2v) is 37.3. The highest BCUT2D eigenvalue weighted by molar-refractivity contribution is 9.10. The molecule has 5 aliphatic heterocycles. The molecule has 5 saturated heterocycles. The molecule has 4 aromatic heterocycles. The number of nitrogens with one attached hydrogen (secondary N) is 4. The van der Waals surface area contributed by atoms with Crippen LogP contribution in [0.5, 0.6) is 11.5 Å². The fourth-order valence-corrected chi connectivity index (χ4v) is 16.8. The minimum absolute atomic E-state index is 0.321. The number of rotatable bonds is 20. The molecule has 8 aromatic rings. The lowest BCUT2D eigenvalue weighted by Crippen LogP contribution is -2.52. The Morgan fingerprint density at radius 1 is 0.557 bits per heavy atom. The van der Waals surface area contributed by atoms with E-state index in [0.29, 0.717) is 101 Å². The number of piperidine rings is 2. The Hall–Kier alpha value is -6.94. The van der Waals surface area contributed by atoms with Gasteiger partial charge in [0.2, 0.25) is 29.6 Å². The maximum Gasteiger partial charge on any atom is 0.494 e. The topological polar surface area (TPSA) is 268 Å². The van der Waals surface area contributed by atoms with Gasteiger partial charge in [-0.15, -0.1) is 20.4 Å². The third kappa shape index (κ3) is 19.5. The standard InChI is InChI=1S/C37H54BClN7O4P.C34H45ClN9O3P.C3H3BrN2O/c1-10-25-21-30(32(48-7)23-31(25)46-15-13-27(14-16-46)45-19-17-44(6)18-20-45)42-35-40-24-28(39)34(43-35)41-29-12-11-26(22-33(29)51(8,9)47)38-49-36(2,3)37(4,5)50-38;1-7-23-18-28(30(46-4)20-29(23)44-12-10-25(11-13-44)43-16-14-42(3)15-17-43)38-34-36-21-26(35)32(39-34)37-27-9-8-24(19-31(27)48(5,6)45)33-41-40-22(2)47-33;1-2-5-6-3(4)7-2/h11-12,21-24,27H,10,13-20H2,1-9H3,(H2,40,41,42,43);8-9,18-21,25H,7,10-17H2,1-6H3,(H2,36,37,38,39);1H3. The summed E-state index contributed by atoms with van der Waals surface area (Å²) in [6.45, 7) is 36.1. The van der Waals surface area contributed by atoms with Crippen molar-refractivity contribution in [2.24, 2.45) is 0 Å². The largest absolute Gasteiger partial charge is 0.494 e. The minimum atomic E-state index is -2.76. The van der Waals surface area contributed by atoms with Gasteiger partial charge in [-0.3, -0.25) is 9.80 Å². The molecule has 0 bridgehead atoms. The first kappa shape index (κ1) is 80.1. The average molecular weight is 1600 g/mol. The summed E-state index contributed by atoms with van der Waals surface area (Å²) in [6, 6.07) is 21.0. The molecule has 106 heavy (non-hydrogen) atoms. The van der Waals surface area contributed by atoms with Crippen LogP contribution in [0.1, 0.15) is 90.1 Å². The molecule has 0 aliphatic carbocycles. The first-order valence-corrected chi connectivity index (χ1v) is 43.1. The molecule has 4 aromatic carbocycles. The zero-order chi connectivity index (χ0) is 76.0. The third-order valence-electron chi connectivity index (χ3n) is 20.7. The Balaban J connectivity index is 0.000000194. The molecule has 0 atom stereocenters. The molecular weight excluding hydrogens is 1490 g/mol. The van der Waals surface area contributed by atoms with Crippen LogP contribution in [0.3, 0.4) is 0 Å². The molecular formula is C74H102BBrCl2N18O8P2. The number of piperazine rings is 2. The summed E-state index contributed by atoms with van der Waals surface area (Å²) in [7, 11) is 1.72. The number of hydrogen-bond acceptors (Lipinski definition) is 26. The molecule has 26 nitrogen and oxygen atoms in total. The summed E-state index contributed by atoms with van der Waals surface area (Å²) < 4.78 is 61.7. The minimum Gasteiger partial charge on any atom is -0.494 e. The second kappa shape index (κ2) is 34.3. The van der Waals surface area contributed by atoms with Gasteiger partial charge in [-0.25, -0.2) is 9.97 Å². The molecule has 0 radical (unpaired) electrons. The molecule has 9 heterocycles. The first-order chi connectivity index (χ1) is 50.4. The van der Waals surface area contributed by atoms with E-state index in [0.717, 1.165) is 140 Å². The van der Waals surface area contributed by atoms with Gasteiger partial charge < -0.3 is 77.6 Å². The van der Waals surface area contributed by atoms with E-state index in [2.05, 4.69) is 149 Å². The molecule has 570 valence electrons. The summed E-state index contributed by atoms with van der Waals surface area (Å²) in [5.41, 5.74) is 8.19. The fraction of sp³-hybridized carbons (Fsp3) is 0.514. The quantitative estimate of drug-likeness (QED) is 0.0408. The Bertz CT molecular complexity index is 4420. The molecule has 0 amide bonds. The average Bonchev–Trinajstić information content (AvgIpc) is 1.59. The van der Waals surface area contributed by atoms with Gasteiger partial charge in [0.25, 0.3) is 4.80 Å². The van der Waals surface area contributed by atoms with Crippen LogP contribution in [-0.4, -0.2) is 224 Å². The maximum atomic E-state index is 13.6. The van der Waals surface area contributed by atoms with E-state index in [9.17, 15) is 9.13 Å². The van der Waals surface area contributed by atoms with E-state index in [1.807, 2.05) is 58.0 Å². The van der Waals surface area contributed by atoms with Gasteiger partial charge >= 0.3 is 7.12 Å². The summed E-state index contributed by atoms with van der Waals surface area (Å²) in [6.07, 6.45) is 9.50. The number of aryl methyl sites for hydroxylation is 4. The van der Waals surface area contributed by atoms with Crippen molar-refractivity contribution in [3.05, 3.63) is 111 Å². The zero-order valence-corrected chi connectivity index (χ0v) is 68.8. The van der Waals surface area contributed by atoms with Gasteiger partial charge in [0.1, 0.15) is 35.8 Å². The van der Waals surface area contributed by atoms with Crippen LogP contribution in [-0.2, 0) is 31.3 Å². The van der Waals surface area contributed by atoms with E-state index < -0.39 is 32.6 Å². The summed E-state index contributed by atoms with van der Waals surface area (Å²) in [5, 5.41) is 30.4. The molecule has 0 spiro atoms. The highest BCUT2D eigenvalue weighted by atomic mass is 79.9. The SMILES string of the molecule is CCc1cc(Nc2ncc(Cl)c(Nc3ccc(-c4nnc(C)o4)cc3P(C)(C)=O)n2)c(OC)cc1N1CCC(N2CCN(C)CC2)CC1.CCc1cc(Nc2ncc(Cl)c(Nc3ccc(B4OC(C)(C)C(C)(C)O4)cc3P(C)(C)=O)n2)c(OC)cc1N1CCC(N2CCN(C)CC2)CC1.Cc1nnc(Br)o1. The lowest BCUT2D eigenvalue weighted by atomic mass is 9.79. The number of hydrogen-bond donors (Lipinski definition) is 4. The van der Waals surface area contributed by atoms with E-state index in [4.69, 9.17) is 60.8 Å². The van der Waals surface area contributed by atoms with Crippen LogP contribution >= 0.6 is 53.4 Å². The van der Waals surface area contributed by atoms with Crippen molar-refractivity contribution in [3.8, 4) is 23.0 Å². The van der Waals surface area contributed by atoms with E-state index in [1.54, 1.807) is 67.0 Å². The number of nitrogens with zero attached hydrogens (tertiary/aromatic N) is 14. The predicted octanol–water partition coefficient (Wildman–Crippen LogP) is 13.1. The Morgan fingerprint density at radius 2 is 0.981 bits per heavy atom. The summed E-state index contributed by atoms with van der Waals surface area (Å²) >= 11 is 16.2. The summed E-state index contributed by atoms with van der Waals surface area (Å²) in [5.74, 6) is 4.29. The summed E-state index contributed by atoms with van der Waals surface area (Å²) in [4.78, 5) is 34.0. The van der Waals surface area contributed by atoms with Crippen molar-refractivity contribution in [2.45, 2.75) is 117 Å².